The molecule has 0 radical (unpaired) electrons. The van der Waals surface area contributed by atoms with E-state index in [4.69, 9.17) is 4.74 Å². The van der Waals surface area contributed by atoms with E-state index in [1.165, 1.54) is 0 Å². The average molecular weight is 273 g/mol. The van der Waals surface area contributed by atoms with Crippen LogP contribution in [0.2, 0.25) is 0 Å². The predicted molar refractivity (Wildman–Crippen MR) is 71.6 cm³/mol. The summed E-state index contributed by atoms with van der Waals surface area (Å²) in [6.07, 6.45) is 0. The van der Waals surface area contributed by atoms with Gasteiger partial charge in [0.2, 0.25) is 0 Å². The van der Waals surface area contributed by atoms with Gasteiger partial charge in [0.25, 0.3) is 5.88 Å². The van der Waals surface area contributed by atoms with Crippen LogP contribution in [0, 0.1) is 11.6 Å². The van der Waals surface area contributed by atoms with E-state index in [9.17, 15) is 8.78 Å². The summed E-state index contributed by atoms with van der Waals surface area (Å²) in [6.45, 7) is 9.22. The van der Waals surface area contributed by atoms with Crippen LogP contribution in [0.3, 0.4) is 0 Å². The first-order chi connectivity index (χ1) is 9.12. The maximum absolute atomic E-state index is 13.5. The van der Waals surface area contributed by atoms with Crippen LogP contribution in [-0.2, 0) is 0 Å². The highest BCUT2D eigenvalue weighted by atomic mass is 19.1. The van der Waals surface area contributed by atoms with E-state index in [1.807, 2.05) is 20.8 Å². The molecule has 0 amide bonds. The highest BCUT2D eigenvalue weighted by Gasteiger charge is 2.12. The molecule has 1 heterocycles. The molecule has 0 unspecified atom stereocenters. The van der Waals surface area contributed by atoms with Crippen molar-refractivity contribution in [2.24, 2.45) is 0 Å². The number of aromatic nitrogens is 1. The number of likely N-dealkylation sites (N-methyl/N-ethyl adjacent to an activating group) is 1. The van der Waals surface area contributed by atoms with E-state index in [-0.39, 0.29) is 11.7 Å². The highest BCUT2D eigenvalue weighted by molar-refractivity contribution is 5.39. The van der Waals surface area contributed by atoms with Crippen molar-refractivity contribution in [3.8, 4) is 5.88 Å². The smallest absolute Gasteiger partial charge is 0.252 e. The van der Waals surface area contributed by atoms with Crippen molar-refractivity contribution in [1.82, 2.24) is 9.88 Å². The van der Waals surface area contributed by atoms with Crippen LogP contribution in [0.25, 0.3) is 0 Å². The molecule has 6 heteroatoms. The van der Waals surface area contributed by atoms with Crippen molar-refractivity contribution < 1.29 is 13.5 Å². The van der Waals surface area contributed by atoms with Crippen molar-refractivity contribution in [2.45, 2.75) is 20.8 Å². The molecule has 1 rings (SSSR count). The molecule has 0 aliphatic rings. The lowest BCUT2D eigenvalue weighted by Crippen LogP contribution is -2.28. The fraction of sp³-hybridized carbons (Fsp3) is 0.615. The fourth-order valence-electron chi connectivity index (χ4n) is 1.65. The minimum Gasteiger partial charge on any atom is -0.474 e. The monoisotopic (exact) mass is 273 g/mol. The Morgan fingerprint density at radius 2 is 1.89 bits per heavy atom. The molecule has 1 aromatic heterocycles. The largest absolute Gasteiger partial charge is 0.474 e. The van der Waals surface area contributed by atoms with Gasteiger partial charge in [-0.15, -0.1) is 0 Å². The molecular formula is C13H21F2N3O. The molecule has 0 atom stereocenters. The molecule has 0 bridgehead atoms. The van der Waals surface area contributed by atoms with E-state index < -0.39 is 11.6 Å². The summed E-state index contributed by atoms with van der Waals surface area (Å²) in [5.74, 6) is -1.64. The summed E-state index contributed by atoms with van der Waals surface area (Å²) in [5, 5.41) is 2.72. The third-order valence-electron chi connectivity index (χ3n) is 2.78. The zero-order valence-electron chi connectivity index (χ0n) is 11.7. The molecule has 0 spiro atoms. The molecule has 0 fully saturated rings. The summed E-state index contributed by atoms with van der Waals surface area (Å²) in [6, 6.07) is 0.789. The minimum absolute atomic E-state index is 0.0155. The first-order valence-corrected chi connectivity index (χ1v) is 6.57. The number of hydrogen-bond donors (Lipinski definition) is 1. The van der Waals surface area contributed by atoms with Crippen LogP contribution >= 0.6 is 0 Å². The summed E-state index contributed by atoms with van der Waals surface area (Å²) in [5.41, 5.74) is 0. The Hall–Kier alpha value is -1.43. The maximum Gasteiger partial charge on any atom is 0.252 e. The van der Waals surface area contributed by atoms with Gasteiger partial charge in [-0.2, -0.15) is 4.98 Å². The molecule has 0 aromatic carbocycles. The zero-order valence-corrected chi connectivity index (χ0v) is 11.7. The highest BCUT2D eigenvalue weighted by Crippen LogP contribution is 2.20. The molecule has 4 nitrogen and oxygen atoms in total. The van der Waals surface area contributed by atoms with Crippen LogP contribution in [0.15, 0.2) is 6.07 Å². The number of nitrogens with one attached hydrogen (secondary N) is 1. The van der Waals surface area contributed by atoms with Gasteiger partial charge in [-0.05, 0) is 20.0 Å². The molecular weight excluding hydrogens is 252 g/mol. The Bertz CT molecular complexity index is 398. The van der Waals surface area contributed by atoms with Gasteiger partial charge in [-0.1, -0.05) is 13.8 Å². The van der Waals surface area contributed by atoms with E-state index in [0.29, 0.717) is 19.7 Å². The summed E-state index contributed by atoms with van der Waals surface area (Å²) in [7, 11) is 0. The molecule has 0 saturated heterocycles. The van der Waals surface area contributed by atoms with Gasteiger partial charge < -0.3 is 15.0 Å². The van der Waals surface area contributed by atoms with Crippen molar-refractivity contribution in [3.05, 3.63) is 17.7 Å². The second-order valence-electron chi connectivity index (χ2n) is 4.01. The molecule has 1 aromatic rings. The van der Waals surface area contributed by atoms with Crippen molar-refractivity contribution in [3.63, 3.8) is 0 Å². The second-order valence-corrected chi connectivity index (χ2v) is 4.01. The number of ether oxygens (including phenoxy) is 1. The Kier molecular flexibility index (Phi) is 6.49. The first-order valence-electron chi connectivity index (χ1n) is 6.57. The van der Waals surface area contributed by atoms with Crippen LogP contribution in [0.1, 0.15) is 20.8 Å². The number of halogens is 2. The summed E-state index contributed by atoms with van der Waals surface area (Å²) in [4.78, 5) is 5.95. The van der Waals surface area contributed by atoms with Gasteiger partial charge >= 0.3 is 0 Å². The molecule has 108 valence electrons. The lowest BCUT2D eigenvalue weighted by atomic mass is 10.4. The van der Waals surface area contributed by atoms with Gasteiger partial charge in [0.05, 0.1) is 0 Å². The number of nitrogens with zero attached hydrogens (tertiary/aromatic N) is 2. The maximum atomic E-state index is 13.5. The summed E-state index contributed by atoms with van der Waals surface area (Å²) < 4.78 is 32.1. The van der Waals surface area contributed by atoms with Gasteiger partial charge in [-0.3, -0.25) is 0 Å². The summed E-state index contributed by atoms with van der Waals surface area (Å²) >= 11 is 0. The topological polar surface area (TPSA) is 37.4 Å². The molecule has 0 aliphatic carbocycles. The van der Waals surface area contributed by atoms with E-state index in [1.54, 1.807) is 0 Å². The van der Waals surface area contributed by atoms with Crippen LogP contribution in [0.4, 0.5) is 14.6 Å². The predicted octanol–water partition coefficient (Wildman–Crippen LogP) is 2.51. The molecule has 0 aliphatic heterocycles. The lowest BCUT2D eigenvalue weighted by Gasteiger charge is -2.18. The van der Waals surface area contributed by atoms with Crippen LogP contribution < -0.4 is 10.1 Å². The first kappa shape index (κ1) is 15.6. The Morgan fingerprint density at radius 1 is 1.21 bits per heavy atom. The van der Waals surface area contributed by atoms with Gasteiger partial charge in [-0.25, -0.2) is 8.78 Å². The SMILES string of the molecule is CCNc1nc(OCCN(CC)CC)c(F)cc1F. The molecule has 0 saturated carbocycles. The molecule has 19 heavy (non-hydrogen) atoms. The van der Waals surface area contributed by atoms with E-state index in [2.05, 4.69) is 15.2 Å². The Balaban J connectivity index is 2.64. The number of anilines is 1. The number of rotatable bonds is 8. The standard InChI is InChI=1S/C13H21F2N3O/c1-4-16-12-10(14)9-11(15)13(17-12)19-8-7-18(5-2)6-3/h9H,4-8H2,1-3H3,(H,16,17). The van der Waals surface area contributed by atoms with Crippen molar-refractivity contribution >= 4 is 5.82 Å². The van der Waals surface area contributed by atoms with E-state index in [0.717, 1.165) is 19.2 Å². The van der Waals surface area contributed by atoms with Crippen LogP contribution in [0.5, 0.6) is 5.88 Å². The van der Waals surface area contributed by atoms with Gasteiger partial charge in [0.15, 0.2) is 17.5 Å². The number of pyridine rings is 1. The van der Waals surface area contributed by atoms with Crippen LogP contribution in [-0.4, -0.2) is 42.7 Å². The molecule has 1 N–H and O–H groups in total. The number of hydrogen-bond acceptors (Lipinski definition) is 4. The third kappa shape index (κ3) is 4.63. The second kappa shape index (κ2) is 7.89. The zero-order chi connectivity index (χ0) is 14.3. The normalized spacial score (nSPS) is 10.8. The lowest BCUT2D eigenvalue weighted by molar-refractivity contribution is 0.211. The van der Waals surface area contributed by atoms with Gasteiger partial charge in [0, 0.05) is 19.2 Å². The Morgan fingerprint density at radius 3 is 2.47 bits per heavy atom. The minimum atomic E-state index is -0.779. The van der Waals surface area contributed by atoms with Crippen molar-refractivity contribution in [1.29, 1.82) is 0 Å². The fourth-order valence-corrected chi connectivity index (χ4v) is 1.65. The van der Waals surface area contributed by atoms with E-state index >= 15 is 0 Å². The average Bonchev–Trinajstić information content (AvgIpc) is 2.39. The van der Waals surface area contributed by atoms with Gasteiger partial charge in [0.1, 0.15) is 6.61 Å². The quantitative estimate of drug-likeness (QED) is 0.789. The van der Waals surface area contributed by atoms with Crippen molar-refractivity contribution in [2.75, 3.05) is 38.1 Å². The third-order valence-corrected chi connectivity index (χ3v) is 2.78. The Labute approximate surface area is 112 Å².